The molecular formula is C27H30N4O4. The van der Waals surface area contributed by atoms with Crippen molar-refractivity contribution in [1.29, 1.82) is 0 Å². The van der Waals surface area contributed by atoms with Gasteiger partial charge in [0, 0.05) is 24.0 Å². The molecule has 35 heavy (non-hydrogen) atoms. The van der Waals surface area contributed by atoms with E-state index in [1.54, 1.807) is 43.2 Å². The first kappa shape index (κ1) is 23.0. The van der Waals surface area contributed by atoms with E-state index in [4.69, 9.17) is 4.74 Å². The lowest BCUT2D eigenvalue weighted by molar-refractivity contribution is -0.125. The number of hydrogen-bond acceptors (Lipinski definition) is 4. The number of methoxy groups -OCH3 is 1. The third kappa shape index (κ3) is 3.47. The van der Waals surface area contributed by atoms with E-state index < -0.39 is 11.6 Å². The third-order valence-electron chi connectivity index (χ3n) is 7.22. The Hall–Kier alpha value is -3.81. The van der Waals surface area contributed by atoms with Crippen LogP contribution in [-0.2, 0) is 16.8 Å². The van der Waals surface area contributed by atoms with E-state index in [0.29, 0.717) is 36.5 Å². The zero-order valence-electron chi connectivity index (χ0n) is 20.3. The molecule has 1 atom stereocenters. The van der Waals surface area contributed by atoms with Gasteiger partial charge in [-0.25, -0.2) is 9.69 Å². The lowest BCUT2D eigenvalue weighted by atomic mass is 9.87. The summed E-state index contributed by atoms with van der Waals surface area (Å²) in [7, 11) is 1.62. The summed E-state index contributed by atoms with van der Waals surface area (Å²) in [5, 5.41) is 3.92. The summed E-state index contributed by atoms with van der Waals surface area (Å²) in [5.74, 6) is 0.0835. The van der Waals surface area contributed by atoms with Gasteiger partial charge in [0.2, 0.25) is 0 Å². The van der Waals surface area contributed by atoms with Gasteiger partial charge < -0.3 is 19.9 Å². The smallest absolute Gasteiger partial charge is 0.332 e. The zero-order chi connectivity index (χ0) is 24.7. The fraction of sp³-hybridized carbons (Fsp3) is 0.370. The van der Waals surface area contributed by atoms with E-state index in [1.165, 1.54) is 4.90 Å². The third-order valence-corrected chi connectivity index (χ3v) is 7.22. The molecule has 0 spiro atoms. The number of ether oxygens (including phenoxy) is 1. The Morgan fingerprint density at radius 3 is 2.74 bits per heavy atom. The number of para-hydroxylation sites is 1. The SMILES string of the molecule is CCCCCNC(=O)c1ccccc1N1C(=O)N2CCc3c([nH]c4ccc(OC)cc34)C2(C)C1=O. The number of carbonyl (C=O) groups is 3. The van der Waals surface area contributed by atoms with Crippen LogP contribution in [0.3, 0.4) is 0 Å². The summed E-state index contributed by atoms with van der Waals surface area (Å²) in [4.78, 5) is 46.8. The van der Waals surface area contributed by atoms with Gasteiger partial charge in [-0.3, -0.25) is 9.59 Å². The number of aromatic amines is 1. The summed E-state index contributed by atoms with van der Waals surface area (Å²) in [5.41, 5.74) is 2.06. The molecule has 1 fully saturated rings. The summed E-state index contributed by atoms with van der Waals surface area (Å²) < 4.78 is 5.39. The number of hydrogen-bond donors (Lipinski definition) is 2. The molecule has 0 bridgehead atoms. The van der Waals surface area contributed by atoms with Gasteiger partial charge in [0.05, 0.1) is 24.1 Å². The molecule has 182 valence electrons. The van der Waals surface area contributed by atoms with Crippen molar-refractivity contribution in [2.24, 2.45) is 0 Å². The molecule has 3 aromatic rings. The zero-order valence-corrected chi connectivity index (χ0v) is 20.3. The minimum atomic E-state index is -1.19. The van der Waals surface area contributed by atoms with Gasteiger partial charge in [0.15, 0.2) is 5.54 Å². The molecule has 1 saturated heterocycles. The van der Waals surface area contributed by atoms with E-state index in [9.17, 15) is 14.4 Å². The molecule has 4 amide bonds. The molecule has 8 nitrogen and oxygen atoms in total. The van der Waals surface area contributed by atoms with Crippen molar-refractivity contribution < 1.29 is 19.1 Å². The Balaban J connectivity index is 1.53. The van der Waals surface area contributed by atoms with E-state index in [0.717, 1.165) is 41.5 Å². The Morgan fingerprint density at radius 2 is 1.97 bits per heavy atom. The minimum Gasteiger partial charge on any atom is -0.497 e. The number of unbranched alkanes of at least 4 members (excludes halogenated alkanes) is 2. The molecule has 0 saturated carbocycles. The number of rotatable bonds is 7. The van der Waals surface area contributed by atoms with Crippen LogP contribution in [-0.4, -0.2) is 47.9 Å². The number of anilines is 1. The monoisotopic (exact) mass is 474 g/mol. The van der Waals surface area contributed by atoms with Crippen LogP contribution in [0, 0.1) is 0 Å². The number of nitrogens with one attached hydrogen (secondary N) is 2. The molecular weight excluding hydrogens is 444 g/mol. The topological polar surface area (TPSA) is 94.7 Å². The van der Waals surface area contributed by atoms with E-state index in [1.807, 2.05) is 18.2 Å². The standard InChI is InChI=1S/C27H30N4O4/c1-4-5-8-14-28-24(32)19-9-6-7-10-22(19)31-25(33)27(2)23-18(13-15-30(27)26(31)34)20-16-17(35-3)11-12-21(20)29-23/h6-7,9-12,16,29H,4-5,8,13-15H2,1-3H3,(H,28,32). The Bertz CT molecular complexity index is 1330. The van der Waals surface area contributed by atoms with Crippen molar-refractivity contribution in [2.45, 2.75) is 45.1 Å². The van der Waals surface area contributed by atoms with Crippen molar-refractivity contribution in [1.82, 2.24) is 15.2 Å². The van der Waals surface area contributed by atoms with Gasteiger partial charge >= 0.3 is 6.03 Å². The summed E-state index contributed by atoms with van der Waals surface area (Å²) in [6.07, 6.45) is 3.58. The summed E-state index contributed by atoms with van der Waals surface area (Å²) in [6.45, 7) is 4.84. The molecule has 2 aliphatic rings. The van der Waals surface area contributed by atoms with Crippen LogP contribution in [0.15, 0.2) is 42.5 Å². The van der Waals surface area contributed by atoms with Gasteiger partial charge in [0.1, 0.15) is 5.75 Å². The Labute approximate surface area is 204 Å². The van der Waals surface area contributed by atoms with Crippen LogP contribution in [0.5, 0.6) is 5.75 Å². The molecule has 0 aliphatic carbocycles. The second-order valence-corrected chi connectivity index (χ2v) is 9.27. The molecule has 1 unspecified atom stereocenters. The Morgan fingerprint density at radius 1 is 1.17 bits per heavy atom. The first-order valence-electron chi connectivity index (χ1n) is 12.1. The van der Waals surface area contributed by atoms with Crippen molar-refractivity contribution in [2.75, 3.05) is 25.1 Å². The first-order valence-corrected chi connectivity index (χ1v) is 12.1. The number of benzene rings is 2. The van der Waals surface area contributed by atoms with Crippen LogP contribution in [0.1, 0.15) is 54.7 Å². The molecule has 8 heteroatoms. The van der Waals surface area contributed by atoms with Crippen molar-refractivity contribution >= 4 is 34.4 Å². The van der Waals surface area contributed by atoms with Crippen LogP contribution in [0.4, 0.5) is 10.5 Å². The van der Waals surface area contributed by atoms with Crippen LogP contribution >= 0.6 is 0 Å². The first-order chi connectivity index (χ1) is 16.9. The molecule has 5 rings (SSSR count). The maximum atomic E-state index is 14.0. The highest BCUT2D eigenvalue weighted by molar-refractivity contribution is 6.25. The number of nitrogens with zero attached hydrogens (tertiary/aromatic N) is 2. The molecule has 1 aromatic heterocycles. The lowest BCUT2D eigenvalue weighted by Crippen LogP contribution is -2.49. The highest BCUT2D eigenvalue weighted by Crippen LogP contribution is 2.46. The largest absolute Gasteiger partial charge is 0.497 e. The van der Waals surface area contributed by atoms with Crippen LogP contribution < -0.4 is 15.0 Å². The lowest BCUT2D eigenvalue weighted by Gasteiger charge is -2.35. The van der Waals surface area contributed by atoms with Gasteiger partial charge in [0.25, 0.3) is 11.8 Å². The van der Waals surface area contributed by atoms with Crippen molar-refractivity contribution in [3.8, 4) is 5.75 Å². The second kappa shape index (κ2) is 8.76. The van der Waals surface area contributed by atoms with Gasteiger partial charge in [-0.2, -0.15) is 0 Å². The predicted octanol–water partition coefficient (Wildman–Crippen LogP) is 4.34. The normalized spacial score (nSPS) is 19.2. The molecule has 2 aliphatic heterocycles. The fourth-order valence-corrected chi connectivity index (χ4v) is 5.29. The number of imide groups is 1. The molecule has 2 aromatic carbocycles. The number of urea groups is 1. The summed E-state index contributed by atoms with van der Waals surface area (Å²) in [6, 6.07) is 12.1. The molecule has 0 radical (unpaired) electrons. The second-order valence-electron chi connectivity index (χ2n) is 9.27. The highest BCUT2D eigenvalue weighted by atomic mass is 16.5. The maximum absolute atomic E-state index is 14.0. The van der Waals surface area contributed by atoms with E-state index >= 15 is 0 Å². The molecule has 3 heterocycles. The Kier molecular flexibility index (Phi) is 5.75. The van der Waals surface area contributed by atoms with Crippen molar-refractivity contribution in [3.63, 3.8) is 0 Å². The maximum Gasteiger partial charge on any atom is 0.332 e. The molecule has 2 N–H and O–H groups in total. The quantitative estimate of drug-likeness (QED) is 0.394. The van der Waals surface area contributed by atoms with Gasteiger partial charge in [-0.15, -0.1) is 0 Å². The highest BCUT2D eigenvalue weighted by Gasteiger charge is 2.59. The number of carbonyl (C=O) groups excluding carboxylic acids is 3. The number of aromatic nitrogens is 1. The van der Waals surface area contributed by atoms with Crippen molar-refractivity contribution in [3.05, 3.63) is 59.3 Å². The predicted molar refractivity (Wildman–Crippen MR) is 134 cm³/mol. The average molecular weight is 475 g/mol. The number of fused-ring (bicyclic) bond motifs is 5. The fourth-order valence-electron chi connectivity index (χ4n) is 5.29. The minimum absolute atomic E-state index is 0.286. The van der Waals surface area contributed by atoms with Gasteiger partial charge in [-0.05, 0) is 55.7 Å². The van der Waals surface area contributed by atoms with Gasteiger partial charge in [-0.1, -0.05) is 31.9 Å². The van der Waals surface area contributed by atoms with E-state index in [-0.39, 0.29) is 11.8 Å². The summed E-state index contributed by atoms with van der Waals surface area (Å²) >= 11 is 0. The number of H-pyrrole nitrogens is 1. The van der Waals surface area contributed by atoms with Crippen LogP contribution in [0.25, 0.3) is 10.9 Å². The van der Waals surface area contributed by atoms with Crippen LogP contribution in [0.2, 0.25) is 0 Å². The average Bonchev–Trinajstić information content (AvgIpc) is 3.34. The van der Waals surface area contributed by atoms with E-state index in [2.05, 4.69) is 17.2 Å². The number of amides is 4.